The van der Waals surface area contributed by atoms with Gasteiger partial charge < -0.3 is 5.11 Å². The Labute approximate surface area is 84.7 Å². The van der Waals surface area contributed by atoms with Gasteiger partial charge in [-0.25, -0.2) is 18.2 Å². The van der Waals surface area contributed by atoms with Gasteiger partial charge in [0.15, 0.2) is 5.69 Å². The summed E-state index contributed by atoms with van der Waals surface area (Å²) in [6, 6.07) is 0. The van der Waals surface area contributed by atoms with E-state index in [0.717, 1.165) is 17.6 Å². The molecule has 0 atom stereocenters. The number of hydrogen-bond acceptors (Lipinski definition) is 5. The molecule has 0 aromatic carbocycles. The SMILES string of the molecule is CS(=O)(=O)[N]Cc1nc(C(=O)O)cs1. The molecule has 14 heavy (non-hydrogen) atoms. The number of thiazole rings is 1. The van der Waals surface area contributed by atoms with Crippen LogP contribution in [0, 0.1) is 0 Å². The molecule has 0 unspecified atom stereocenters. The summed E-state index contributed by atoms with van der Waals surface area (Å²) in [4.78, 5) is 14.1. The van der Waals surface area contributed by atoms with Crippen molar-refractivity contribution in [3.63, 3.8) is 0 Å². The average molecular weight is 235 g/mol. The van der Waals surface area contributed by atoms with Gasteiger partial charge in [-0.1, -0.05) is 0 Å². The Morgan fingerprint density at radius 2 is 2.36 bits per heavy atom. The summed E-state index contributed by atoms with van der Waals surface area (Å²) >= 11 is 1.07. The predicted molar refractivity (Wildman–Crippen MR) is 49.8 cm³/mol. The first-order chi connectivity index (χ1) is 6.38. The van der Waals surface area contributed by atoms with Gasteiger partial charge in [-0.15, -0.1) is 16.1 Å². The number of aromatic nitrogens is 1. The summed E-state index contributed by atoms with van der Waals surface area (Å²) in [5, 5.41) is 10.2. The molecule has 1 heterocycles. The van der Waals surface area contributed by atoms with Crippen LogP contribution < -0.4 is 4.72 Å². The minimum Gasteiger partial charge on any atom is -0.476 e. The maximum atomic E-state index is 10.6. The van der Waals surface area contributed by atoms with Crippen molar-refractivity contribution in [2.24, 2.45) is 0 Å². The molecule has 8 heteroatoms. The molecule has 0 aliphatic carbocycles. The van der Waals surface area contributed by atoms with E-state index in [0.29, 0.717) is 5.01 Å². The van der Waals surface area contributed by atoms with Crippen molar-refractivity contribution in [1.29, 1.82) is 0 Å². The molecule has 1 rings (SSSR count). The zero-order chi connectivity index (χ0) is 10.8. The first-order valence-corrected chi connectivity index (χ1v) is 6.18. The zero-order valence-corrected chi connectivity index (χ0v) is 8.80. The highest BCUT2D eigenvalue weighted by molar-refractivity contribution is 7.88. The number of carboxylic acid groups (broad SMARTS) is 1. The van der Waals surface area contributed by atoms with Gasteiger partial charge >= 0.3 is 5.97 Å². The summed E-state index contributed by atoms with van der Waals surface area (Å²) in [5.41, 5.74) is -0.0892. The third-order valence-corrected chi connectivity index (χ3v) is 2.64. The van der Waals surface area contributed by atoms with Gasteiger partial charge in [0, 0.05) is 5.38 Å². The van der Waals surface area contributed by atoms with Crippen LogP contribution in [0.5, 0.6) is 0 Å². The lowest BCUT2D eigenvalue weighted by Gasteiger charge is -1.93. The Balaban J connectivity index is 2.65. The second-order valence-corrected chi connectivity index (χ2v) is 5.12. The van der Waals surface area contributed by atoms with Crippen LogP contribution in [0.4, 0.5) is 0 Å². The van der Waals surface area contributed by atoms with E-state index in [1.54, 1.807) is 0 Å². The van der Waals surface area contributed by atoms with Crippen LogP contribution in [0.1, 0.15) is 15.5 Å². The molecule has 0 aliphatic rings. The van der Waals surface area contributed by atoms with Gasteiger partial charge in [-0.05, 0) is 0 Å². The minimum atomic E-state index is -3.39. The van der Waals surface area contributed by atoms with E-state index in [4.69, 9.17) is 5.11 Å². The van der Waals surface area contributed by atoms with Crippen LogP contribution >= 0.6 is 11.3 Å². The van der Waals surface area contributed by atoms with Crippen molar-refractivity contribution >= 4 is 27.3 Å². The quantitative estimate of drug-likeness (QED) is 0.786. The highest BCUT2D eigenvalue weighted by atomic mass is 32.2. The van der Waals surface area contributed by atoms with Crippen LogP contribution in [-0.2, 0) is 16.6 Å². The average Bonchev–Trinajstić information content (AvgIpc) is 2.47. The van der Waals surface area contributed by atoms with Crippen molar-refractivity contribution in [3.8, 4) is 0 Å². The van der Waals surface area contributed by atoms with Crippen molar-refractivity contribution < 1.29 is 18.3 Å². The second kappa shape index (κ2) is 4.03. The molecule has 0 amide bonds. The van der Waals surface area contributed by atoms with Crippen LogP contribution in [0.2, 0.25) is 0 Å². The molecule has 0 fully saturated rings. The van der Waals surface area contributed by atoms with E-state index in [-0.39, 0.29) is 12.2 Å². The van der Waals surface area contributed by atoms with Gasteiger partial charge in [0.2, 0.25) is 10.0 Å². The molecule has 1 aromatic heterocycles. The van der Waals surface area contributed by atoms with E-state index in [1.165, 1.54) is 5.38 Å². The summed E-state index contributed by atoms with van der Waals surface area (Å²) in [6.45, 7) is -0.100. The molecule has 0 spiro atoms. The highest BCUT2D eigenvalue weighted by Gasteiger charge is 2.10. The molecular formula is C6H7N2O4S2. The number of hydrogen-bond donors (Lipinski definition) is 1. The summed E-state index contributed by atoms with van der Waals surface area (Å²) in [6.07, 6.45) is 0.971. The van der Waals surface area contributed by atoms with Crippen molar-refractivity contribution in [1.82, 2.24) is 9.71 Å². The topological polar surface area (TPSA) is 98.4 Å². The standard InChI is InChI=1S/C6H7N2O4S2/c1-14(11,12)7-2-5-8-4(3-13-5)6(9)10/h3H,2H2,1H3,(H,9,10). The van der Waals surface area contributed by atoms with Crippen LogP contribution in [0.15, 0.2) is 5.38 Å². The molecule has 1 aromatic rings. The lowest BCUT2D eigenvalue weighted by molar-refractivity contribution is 0.0691. The number of carboxylic acids is 1. The van der Waals surface area contributed by atoms with Gasteiger partial charge in [-0.3, -0.25) is 0 Å². The highest BCUT2D eigenvalue weighted by Crippen LogP contribution is 2.09. The van der Waals surface area contributed by atoms with E-state index in [2.05, 4.69) is 9.71 Å². The van der Waals surface area contributed by atoms with E-state index in [1.807, 2.05) is 0 Å². The molecule has 6 nitrogen and oxygen atoms in total. The third kappa shape index (κ3) is 3.40. The molecule has 0 saturated carbocycles. The van der Waals surface area contributed by atoms with Crippen molar-refractivity contribution in [2.75, 3.05) is 6.26 Å². The van der Waals surface area contributed by atoms with E-state index >= 15 is 0 Å². The lowest BCUT2D eigenvalue weighted by atomic mass is 10.5. The van der Waals surface area contributed by atoms with Crippen LogP contribution in [-0.4, -0.2) is 30.7 Å². The maximum Gasteiger partial charge on any atom is 0.355 e. The van der Waals surface area contributed by atoms with Gasteiger partial charge in [0.05, 0.1) is 12.8 Å². The molecule has 1 N–H and O–H groups in total. The van der Waals surface area contributed by atoms with Gasteiger partial charge in [0.25, 0.3) is 0 Å². The Bertz CT molecular complexity index is 436. The maximum absolute atomic E-state index is 10.6. The summed E-state index contributed by atoms with van der Waals surface area (Å²) in [5.74, 6) is -1.13. The smallest absolute Gasteiger partial charge is 0.355 e. The number of carbonyl (C=O) groups is 1. The monoisotopic (exact) mass is 235 g/mol. The molecular weight excluding hydrogens is 228 g/mol. The van der Waals surface area contributed by atoms with Crippen LogP contribution in [0.3, 0.4) is 0 Å². The van der Waals surface area contributed by atoms with Gasteiger partial charge in [0.1, 0.15) is 5.01 Å². The number of rotatable bonds is 4. The Morgan fingerprint density at radius 3 is 2.79 bits per heavy atom. The Morgan fingerprint density at radius 1 is 1.71 bits per heavy atom. The largest absolute Gasteiger partial charge is 0.476 e. The van der Waals surface area contributed by atoms with E-state index in [9.17, 15) is 13.2 Å². The molecule has 77 valence electrons. The van der Waals surface area contributed by atoms with Gasteiger partial charge in [-0.2, -0.15) is 0 Å². The molecule has 0 saturated heterocycles. The number of aromatic carboxylic acids is 1. The third-order valence-electron chi connectivity index (χ3n) is 1.21. The first kappa shape index (κ1) is 11.1. The normalized spacial score (nSPS) is 11.5. The lowest BCUT2D eigenvalue weighted by Crippen LogP contribution is -2.13. The van der Waals surface area contributed by atoms with Crippen LogP contribution in [0.25, 0.3) is 0 Å². The van der Waals surface area contributed by atoms with Crippen molar-refractivity contribution in [2.45, 2.75) is 6.54 Å². The fourth-order valence-corrected chi connectivity index (χ4v) is 1.78. The first-order valence-electron chi connectivity index (χ1n) is 3.45. The predicted octanol–water partition coefficient (Wildman–Crippen LogP) is -0.0947. The number of nitrogens with zero attached hydrogens (tertiary/aromatic N) is 2. The summed E-state index contributed by atoms with van der Waals surface area (Å²) in [7, 11) is -3.39. The Kier molecular flexibility index (Phi) is 3.19. The molecule has 0 aliphatic heterocycles. The Hall–Kier alpha value is -0.990. The molecule has 0 bridgehead atoms. The number of sulfonamides is 1. The second-order valence-electron chi connectivity index (χ2n) is 2.45. The molecule has 1 radical (unpaired) electrons. The fourth-order valence-electron chi connectivity index (χ4n) is 0.654. The van der Waals surface area contributed by atoms with Crippen molar-refractivity contribution in [3.05, 3.63) is 16.1 Å². The zero-order valence-electron chi connectivity index (χ0n) is 7.17. The van der Waals surface area contributed by atoms with E-state index < -0.39 is 16.0 Å². The summed E-state index contributed by atoms with van der Waals surface area (Å²) < 4.78 is 24.6. The minimum absolute atomic E-state index is 0.0892. The fraction of sp³-hybridized carbons (Fsp3) is 0.333.